The van der Waals surface area contributed by atoms with Crippen molar-refractivity contribution < 1.29 is 13.5 Å². The number of nitrogens with one attached hydrogen (secondary N) is 2. The summed E-state index contributed by atoms with van der Waals surface area (Å²) in [5, 5.41) is 9.73. The fraction of sp³-hybridized carbons (Fsp3) is 0.588. The van der Waals surface area contributed by atoms with Crippen LogP contribution < -0.4 is 10.1 Å². The number of aromatic nitrogens is 4. The first-order valence-corrected chi connectivity index (χ1v) is 8.87. The second kappa shape index (κ2) is 6.79. The van der Waals surface area contributed by atoms with Crippen molar-refractivity contribution in [3.05, 3.63) is 24.2 Å². The summed E-state index contributed by atoms with van der Waals surface area (Å²) < 4.78 is 32.9. The Labute approximate surface area is 150 Å². The molecule has 1 atom stereocenters. The quantitative estimate of drug-likeness (QED) is 0.849. The van der Waals surface area contributed by atoms with Crippen LogP contribution in [0.4, 0.5) is 20.4 Å². The number of nitrogens with zero attached hydrogens (tertiary/aromatic N) is 4. The highest BCUT2D eigenvalue weighted by atomic mass is 19.3. The third-order valence-electron chi connectivity index (χ3n) is 5.07. The van der Waals surface area contributed by atoms with Gasteiger partial charge >= 0.3 is 0 Å². The number of likely N-dealkylation sites (tertiary alicyclic amines) is 1. The van der Waals surface area contributed by atoms with Crippen molar-refractivity contribution in [1.29, 1.82) is 0 Å². The van der Waals surface area contributed by atoms with E-state index in [1.54, 1.807) is 18.5 Å². The summed E-state index contributed by atoms with van der Waals surface area (Å²) >= 11 is 0. The van der Waals surface area contributed by atoms with Crippen LogP contribution in [0.2, 0.25) is 0 Å². The zero-order valence-corrected chi connectivity index (χ0v) is 14.6. The van der Waals surface area contributed by atoms with Gasteiger partial charge in [0.2, 0.25) is 5.88 Å². The Bertz CT molecular complexity index is 759. The molecule has 0 bridgehead atoms. The zero-order chi connectivity index (χ0) is 18.1. The number of hydrogen-bond donors (Lipinski definition) is 2. The van der Waals surface area contributed by atoms with Crippen molar-refractivity contribution >= 4 is 11.6 Å². The minimum Gasteiger partial charge on any atom is -0.473 e. The lowest BCUT2D eigenvalue weighted by Gasteiger charge is -2.35. The van der Waals surface area contributed by atoms with Gasteiger partial charge in [0.15, 0.2) is 11.6 Å². The first-order valence-electron chi connectivity index (χ1n) is 8.87. The minimum absolute atomic E-state index is 0.0682. The van der Waals surface area contributed by atoms with Crippen molar-refractivity contribution in [1.82, 2.24) is 25.1 Å². The standard InChI is InChI=1S/C17H22F2N6O/c1-25-6-3-11(4-7-25)26-16-10-20-9-15(22-16)21-14-8-13(23-24-14)12-2-5-17(12,18)19/h8-12H,2-7H2,1H3,(H2,21,22,23,24)/t12-/m0/s1. The van der Waals surface area contributed by atoms with E-state index in [-0.39, 0.29) is 12.5 Å². The van der Waals surface area contributed by atoms with Gasteiger partial charge in [0.1, 0.15) is 6.10 Å². The van der Waals surface area contributed by atoms with Gasteiger partial charge in [-0.1, -0.05) is 0 Å². The van der Waals surface area contributed by atoms with Gasteiger partial charge in [-0.05, 0) is 26.3 Å². The molecule has 4 rings (SSSR count). The van der Waals surface area contributed by atoms with Crippen LogP contribution in [0.15, 0.2) is 18.5 Å². The number of ether oxygens (including phenoxy) is 1. The molecule has 140 valence electrons. The molecule has 3 heterocycles. The number of anilines is 2. The van der Waals surface area contributed by atoms with Gasteiger partial charge in [-0.25, -0.2) is 8.78 Å². The lowest BCUT2D eigenvalue weighted by molar-refractivity contribution is -0.0975. The van der Waals surface area contributed by atoms with Crippen molar-refractivity contribution in [3.8, 4) is 5.88 Å². The molecule has 1 saturated heterocycles. The van der Waals surface area contributed by atoms with Crippen molar-refractivity contribution in [2.45, 2.75) is 43.6 Å². The summed E-state index contributed by atoms with van der Waals surface area (Å²) in [5.41, 5.74) is 0.440. The topological polar surface area (TPSA) is 79.0 Å². The number of piperidine rings is 1. The van der Waals surface area contributed by atoms with E-state index in [1.807, 2.05) is 0 Å². The van der Waals surface area contributed by atoms with E-state index in [0.717, 1.165) is 25.9 Å². The lowest BCUT2D eigenvalue weighted by Crippen LogP contribution is -2.36. The molecule has 2 aromatic heterocycles. The summed E-state index contributed by atoms with van der Waals surface area (Å²) in [6.45, 7) is 2.00. The molecule has 1 aliphatic carbocycles. The third-order valence-corrected chi connectivity index (χ3v) is 5.07. The van der Waals surface area contributed by atoms with E-state index in [2.05, 4.69) is 37.4 Å². The van der Waals surface area contributed by atoms with E-state index in [4.69, 9.17) is 4.74 Å². The van der Waals surface area contributed by atoms with Crippen molar-refractivity contribution in [2.75, 3.05) is 25.5 Å². The Kier molecular flexibility index (Phi) is 4.47. The summed E-state index contributed by atoms with van der Waals surface area (Å²) in [6, 6.07) is 1.60. The van der Waals surface area contributed by atoms with E-state index < -0.39 is 11.8 Å². The summed E-state index contributed by atoms with van der Waals surface area (Å²) in [4.78, 5) is 10.8. The number of halogens is 2. The maximum Gasteiger partial charge on any atom is 0.256 e. The number of alkyl halides is 2. The highest BCUT2D eigenvalue weighted by Gasteiger charge is 2.49. The predicted octanol–water partition coefficient (Wildman–Crippen LogP) is 2.93. The van der Waals surface area contributed by atoms with Crippen molar-refractivity contribution in [2.24, 2.45) is 0 Å². The third kappa shape index (κ3) is 3.62. The fourth-order valence-corrected chi connectivity index (χ4v) is 3.34. The van der Waals surface area contributed by atoms with Crippen LogP contribution in [0, 0.1) is 0 Å². The van der Waals surface area contributed by atoms with Gasteiger partial charge in [-0.3, -0.25) is 10.1 Å². The van der Waals surface area contributed by atoms with Crippen LogP contribution in [-0.2, 0) is 0 Å². The molecule has 1 saturated carbocycles. The Hall–Kier alpha value is -2.29. The Morgan fingerprint density at radius 2 is 2.04 bits per heavy atom. The molecule has 0 spiro atoms. The van der Waals surface area contributed by atoms with E-state index in [1.165, 1.54) is 0 Å². The molecule has 0 unspecified atom stereocenters. The van der Waals surface area contributed by atoms with Crippen LogP contribution in [0.3, 0.4) is 0 Å². The Balaban J connectivity index is 1.39. The smallest absolute Gasteiger partial charge is 0.256 e. The monoisotopic (exact) mass is 364 g/mol. The molecule has 7 nitrogen and oxygen atoms in total. The van der Waals surface area contributed by atoms with Gasteiger partial charge in [0, 0.05) is 31.3 Å². The molecular formula is C17H22F2N6O. The predicted molar refractivity (Wildman–Crippen MR) is 92.0 cm³/mol. The molecule has 9 heteroatoms. The normalized spacial score (nSPS) is 23.4. The minimum atomic E-state index is -2.65. The van der Waals surface area contributed by atoms with Gasteiger partial charge < -0.3 is 15.0 Å². The molecular weight excluding hydrogens is 342 g/mol. The SMILES string of the molecule is CN1CCC(Oc2cncc(Nc3cc([C@@H]4CCC4(F)F)[nH]n3)n2)CC1. The van der Waals surface area contributed by atoms with Crippen LogP contribution in [-0.4, -0.2) is 57.2 Å². The largest absolute Gasteiger partial charge is 0.473 e. The number of H-pyrrole nitrogens is 1. The number of rotatable bonds is 5. The Morgan fingerprint density at radius 3 is 2.73 bits per heavy atom. The molecule has 0 aromatic carbocycles. The highest BCUT2D eigenvalue weighted by Crippen LogP contribution is 2.49. The molecule has 2 N–H and O–H groups in total. The zero-order valence-electron chi connectivity index (χ0n) is 14.6. The van der Waals surface area contributed by atoms with Gasteiger partial charge in [0.05, 0.1) is 18.3 Å². The summed E-state index contributed by atoms with van der Waals surface area (Å²) in [6.07, 6.45) is 5.56. The first kappa shape index (κ1) is 17.1. The average molecular weight is 364 g/mol. The molecule has 2 fully saturated rings. The second-order valence-corrected chi connectivity index (χ2v) is 7.05. The van der Waals surface area contributed by atoms with Crippen LogP contribution in [0.5, 0.6) is 5.88 Å². The molecule has 2 aromatic rings. The summed E-state index contributed by atoms with van der Waals surface area (Å²) in [5.74, 6) is -2.07. The van der Waals surface area contributed by atoms with Gasteiger partial charge in [-0.15, -0.1) is 0 Å². The Morgan fingerprint density at radius 1 is 1.23 bits per heavy atom. The maximum atomic E-state index is 13.5. The van der Waals surface area contributed by atoms with Crippen LogP contribution in [0.1, 0.15) is 37.3 Å². The number of aromatic amines is 1. The van der Waals surface area contributed by atoms with Crippen molar-refractivity contribution in [3.63, 3.8) is 0 Å². The fourth-order valence-electron chi connectivity index (χ4n) is 3.34. The van der Waals surface area contributed by atoms with Gasteiger partial charge in [-0.2, -0.15) is 10.1 Å². The lowest BCUT2D eigenvalue weighted by atomic mass is 9.78. The molecule has 0 amide bonds. The van der Waals surface area contributed by atoms with Crippen LogP contribution in [0.25, 0.3) is 0 Å². The molecule has 0 radical (unpaired) electrons. The van der Waals surface area contributed by atoms with E-state index in [0.29, 0.717) is 29.6 Å². The first-order chi connectivity index (χ1) is 12.5. The highest BCUT2D eigenvalue weighted by molar-refractivity contribution is 5.51. The average Bonchev–Trinajstić information content (AvgIpc) is 3.04. The van der Waals surface area contributed by atoms with Crippen LogP contribution >= 0.6 is 0 Å². The van der Waals surface area contributed by atoms with E-state index >= 15 is 0 Å². The van der Waals surface area contributed by atoms with Gasteiger partial charge in [0.25, 0.3) is 5.92 Å². The molecule has 26 heavy (non-hydrogen) atoms. The van der Waals surface area contributed by atoms with E-state index in [9.17, 15) is 8.78 Å². The molecule has 2 aliphatic rings. The summed E-state index contributed by atoms with van der Waals surface area (Å²) in [7, 11) is 2.10. The second-order valence-electron chi connectivity index (χ2n) is 7.05. The maximum absolute atomic E-state index is 13.5. The number of hydrogen-bond acceptors (Lipinski definition) is 6. The molecule has 1 aliphatic heterocycles.